The minimum atomic E-state index is 0.302. The summed E-state index contributed by atoms with van der Waals surface area (Å²) in [5.41, 5.74) is 0. The van der Waals surface area contributed by atoms with Crippen molar-refractivity contribution < 1.29 is 0 Å². The van der Waals surface area contributed by atoms with Crippen molar-refractivity contribution in [3.8, 4) is 12.3 Å². The van der Waals surface area contributed by atoms with E-state index in [0.717, 1.165) is 18.4 Å². The minimum absolute atomic E-state index is 0.302. The first-order valence-corrected chi connectivity index (χ1v) is 4.54. The van der Waals surface area contributed by atoms with Gasteiger partial charge in [0.1, 0.15) is 0 Å². The Morgan fingerprint density at radius 2 is 2.36 bits per heavy atom. The molecular formula is C10H17N. The minimum Gasteiger partial charge on any atom is -0.301 e. The summed E-state index contributed by atoms with van der Waals surface area (Å²) in [6.45, 7) is 4.37. The van der Waals surface area contributed by atoms with E-state index in [1.54, 1.807) is 0 Å². The molecule has 1 N–H and O–H groups in total. The van der Waals surface area contributed by atoms with Crippen molar-refractivity contribution in [2.45, 2.75) is 45.2 Å². The predicted molar refractivity (Wildman–Crippen MR) is 48.2 cm³/mol. The fourth-order valence-corrected chi connectivity index (χ4v) is 1.45. The fourth-order valence-electron chi connectivity index (χ4n) is 1.45. The van der Waals surface area contributed by atoms with Gasteiger partial charge in [0.25, 0.3) is 0 Å². The standard InChI is InChI=1S/C10H17N/c1-4-8-7-10(8)11-9(5-2)6-3/h2,8-11H,4,6-7H2,1,3H3. The Morgan fingerprint density at radius 3 is 2.73 bits per heavy atom. The molecule has 1 heteroatoms. The smallest absolute Gasteiger partial charge is 0.0686 e. The largest absolute Gasteiger partial charge is 0.301 e. The molecule has 0 aromatic carbocycles. The SMILES string of the molecule is C#CC(CC)NC1CC1CC. The molecular weight excluding hydrogens is 134 g/mol. The zero-order chi connectivity index (χ0) is 8.27. The monoisotopic (exact) mass is 151 g/mol. The summed E-state index contributed by atoms with van der Waals surface area (Å²) in [6, 6.07) is 1.03. The zero-order valence-corrected chi connectivity index (χ0v) is 7.43. The first-order valence-electron chi connectivity index (χ1n) is 4.54. The maximum Gasteiger partial charge on any atom is 0.0686 e. The number of rotatable bonds is 4. The third-order valence-corrected chi connectivity index (χ3v) is 2.47. The van der Waals surface area contributed by atoms with Gasteiger partial charge in [0.2, 0.25) is 0 Å². The lowest BCUT2D eigenvalue weighted by molar-refractivity contribution is 0.556. The van der Waals surface area contributed by atoms with E-state index in [2.05, 4.69) is 25.1 Å². The molecule has 3 atom stereocenters. The normalized spacial score (nSPS) is 31.0. The van der Waals surface area contributed by atoms with E-state index in [4.69, 9.17) is 6.42 Å². The van der Waals surface area contributed by atoms with Gasteiger partial charge in [-0.25, -0.2) is 0 Å². The van der Waals surface area contributed by atoms with E-state index in [0.29, 0.717) is 6.04 Å². The Morgan fingerprint density at radius 1 is 1.64 bits per heavy atom. The summed E-state index contributed by atoms with van der Waals surface area (Å²) in [4.78, 5) is 0. The van der Waals surface area contributed by atoms with Crippen LogP contribution in [0.5, 0.6) is 0 Å². The van der Waals surface area contributed by atoms with Crippen molar-refractivity contribution in [1.29, 1.82) is 0 Å². The summed E-state index contributed by atoms with van der Waals surface area (Å²) >= 11 is 0. The van der Waals surface area contributed by atoms with Crippen molar-refractivity contribution in [2.24, 2.45) is 5.92 Å². The quantitative estimate of drug-likeness (QED) is 0.604. The molecule has 11 heavy (non-hydrogen) atoms. The van der Waals surface area contributed by atoms with Crippen LogP contribution in [-0.2, 0) is 0 Å². The van der Waals surface area contributed by atoms with Crippen molar-refractivity contribution in [2.75, 3.05) is 0 Å². The van der Waals surface area contributed by atoms with E-state index in [9.17, 15) is 0 Å². The summed E-state index contributed by atoms with van der Waals surface area (Å²) < 4.78 is 0. The van der Waals surface area contributed by atoms with Crippen LogP contribution < -0.4 is 5.32 Å². The molecule has 0 aliphatic heterocycles. The van der Waals surface area contributed by atoms with E-state index < -0.39 is 0 Å². The van der Waals surface area contributed by atoms with E-state index in [-0.39, 0.29) is 0 Å². The highest BCUT2D eigenvalue weighted by Gasteiger charge is 2.35. The van der Waals surface area contributed by atoms with Crippen LogP contribution in [0, 0.1) is 18.3 Å². The molecule has 3 unspecified atom stereocenters. The third kappa shape index (κ3) is 2.24. The molecule has 1 nitrogen and oxygen atoms in total. The Labute approximate surface area is 69.6 Å². The Hall–Kier alpha value is -0.480. The topological polar surface area (TPSA) is 12.0 Å². The van der Waals surface area contributed by atoms with Gasteiger partial charge in [-0.1, -0.05) is 26.2 Å². The molecule has 62 valence electrons. The predicted octanol–water partition coefficient (Wildman–Crippen LogP) is 1.79. The average Bonchev–Trinajstić information content (AvgIpc) is 2.78. The average molecular weight is 151 g/mol. The molecule has 1 rings (SSSR count). The van der Waals surface area contributed by atoms with Crippen LogP contribution in [0.25, 0.3) is 0 Å². The molecule has 0 aromatic rings. The molecule has 0 bridgehead atoms. The Kier molecular flexibility index (Phi) is 2.96. The van der Waals surface area contributed by atoms with Gasteiger partial charge >= 0.3 is 0 Å². The first kappa shape index (κ1) is 8.62. The van der Waals surface area contributed by atoms with Gasteiger partial charge in [-0.05, 0) is 18.8 Å². The highest BCUT2D eigenvalue weighted by molar-refractivity contribution is 5.03. The molecule has 0 heterocycles. The molecule has 0 saturated heterocycles. The van der Waals surface area contributed by atoms with Crippen molar-refractivity contribution in [3.63, 3.8) is 0 Å². The van der Waals surface area contributed by atoms with Gasteiger partial charge in [0.05, 0.1) is 6.04 Å². The lowest BCUT2D eigenvalue weighted by Gasteiger charge is -2.09. The second kappa shape index (κ2) is 3.78. The van der Waals surface area contributed by atoms with Crippen molar-refractivity contribution in [1.82, 2.24) is 5.32 Å². The molecule has 1 aliphatic rings. The van der Waals surface area contributed by atoms with Crippen LogP contribution in [0.2, 0.25) is 0 Å². The van der Waals surface area contributed by atoms with Gasteiger partial charge in [0, 0.05) is 6.04 Å². The second-order valence-corrected chi connectivity index (χ2v) is 3.30. The van der Waals surface area contributed by atoms with Crippen LogP contribution in [0.1, 0.15) is 33.1 Å². The lowest BCUT2D eigenvalue weighted by Crippen LogP contribution is -2.29. The van der Waals surface area contributed by atoms with E-state index >= 15 is 0 Å². The number of nitrogens with one attached hydrogen (secondary N) is 1. The third-order valence-electron chi connectivity index (χ3n) is 2.47. The van der Waals surface area contributed by atoms with Gasteiger partial charge in [-0.15, -0.1) is 6.42 Å². The second-order valence-electron chi connectivity index (χ2n) is 3.30. The Balaban J connectivity index is 2.17. The van der Waals surface area contributed by atoms with Crippen LogP contribution in [0.3, 0.4) is 0 Å². The number of hydrogen-bond donors (Lipinski definition) is 1. The number of terminal acetylenes is 1. The van der Waals surface area contributed by atoms with Crippen molar-refractivity contribution >= 4 is 0 Å². The molecule has 0 amide bonds. The molecule has 1 saturated carbocycles. The molecule has 1 aliphatic carbocycles. The summed E-state index contributed by atoms with van der Waals surface area (Å²) in [5.74, 6) is 3.66. The van der Waals surface area contributed by atoms with Gasteiger partial charge in [-0.2, -0.15) is 0 Å². The number of hydrogen-bond acceptors (Lipinski definition) is 1. The molecule has 0 radical (unpaired) electrons. The van der Waals surface area contributed by atoms with Crippen LogP contribution in [-0.4, -0.2) is 12.1 Å². The van der Waals surface area contributed by atoms with Gasteiger partial charge in [-0.3, -0.25) is 0 Å². The van der Waals surface area contributed by atoms with E-state index in [1.165, 1.54) is 12.8 Å². The van der Waals surface area contributed by atoms with Crippen LogP contribution in [0.4, 0.5) is 0 Å². The summed E-state index contributed by atoms with van der Waals surface area (Å²) in [5, 5.41) is 3.46. The highest BCUT2D eigenvalue weighted by Crippen LogP contribution is 2.33. The lowest BCUT2D eigenvalue weighted by atomic mass is 10.2. The van der Waals surface area contributed by atoms with Gasteiger partial charge in [0.15, 0.2) is 0 Å². The first-order chi connectivity index (χ1) is 5.31. The zero-order valence-electron chi connectivity index (χ0n) is 7.43. The fraction of sp³-hybridized carbons (Fsp3) is 0.800. The maximum atomic E-state index is 5.33. The van der Waals surface area contributed by atoms with Crippen LogP contribution in [0.15, 0.2) is 0 Å². The van der Waals surface area contributed by atoms with Crippen LogP contribution >= 0.6 is 0 Å². The summed E-state index contributed by atoms with van der Waals surface area (Å²) in [6.07, 6.45) is 9.00. The van der Waals surface area contributed by atoms with Crippen molar-refractivity contribution in [3.05, 3.63) is 0 Å². The van der Waals surface area contributed by atoms with E-state index in [1.807, 2.05) is 0 Å². The molecule has 1 fully saturated rings. The highest BCUT2D eigenvalue weighted by atomic mass is 15.0. The molecule has 0 spiro atoms. The Bertz CT molecular complexity index is 157. The van der Waals surface area contributed by atoms with Gasteiger partial charge < -0.3 is 5.32 Å². The summed E-state index contributed by atoms with van der Waals surface area (Å²) in [7, 11) is 0. The maximum absolute atomic E-state index is 5.33. The molecule has 0 aromatic heterocycles.